The van der Waals surface area contributed by atoms with E-state index in [1.165, 1.54) is 6.04 Å². The third kappa shape index (κ3) is 4.78. The zero-order valence-electron chi connectivity index (χ0n) is 19.4. The van der Waals surface area contributed by atoms with E-state index in [-0.39, 0.29) is 0 Å². The molecule has 1 unspecified atom stereocenters. The van der Waals surface area contributed by atoms with Gasteiger partial charge in [0.1, 0.15) is 0 Å². The Morgan fingerprint density at radius 1 is 0.778 bits per heavy atom. The van der Waals surface area contributed by atoms with Gasteiger partial charge in [-0.05, 0) is 11.6 Å². The Kier molecular flexibility index (Phi) is 7.24. The van der Waals surface area contributed by atoms with Crippen LogP contribution in [-0.4, -0.2) is 60.6 Å². The van der Waals surface area contributed by atoms with Gasteiger partial charge in [-0.3, -0.25) is 4.90 Å². The van der Waals surface area contributed by atoms with Crippen LogP contribution in [0.3, 0.4) is 0 Å². The van der Waals surface area contributed by atoms with E-state index in [1.54, 1.807) is 5.56 Å². The molecule has 0 N–H and O–H groups in total. The fraction of sp³-hybridized carbons (Fsp3) is 0.714. The lowest BCUT2D eigenvalue weighted by Crippen LogP contribution is -2.83. The van der Waals surface area contributed by atoms with Crippen LogP contribution in [0.25, 0.3) is 0 Å². The minimum Gasteiger partial charge on any atom is -0.379 e. The summed E-state index contributed by atoms with van der Waals surface area (Å²) in [4.78, 5) is 2.76. The highest BCUT2D eigenvalue weighted by atomic mass is 29.9. The summed E-state index contributed by atoms with van der Waals surface area (Å²) in [6.07, 6.45) is 0. The molecular formula is C21H43NOSi4. The number of morpholine rings is 1. The van der Waals surface area contributed by atoms with E-state index < -0.39 is 29.4 Å². The summed E-state index contributed by atoms with van der Waals surface area (Å²) in [6, 6.07) is 13.5. The second kappa shape index (κ2) is 8.40. The predicted octanol–water partition coefficient (Wildman–Crippen LogP) is 5.76. The fourth-order valence-corrected chi connectivity index (χ4v) is 105. The molecule has 1 aliphatic rings. The molecule has 1 aromatic rings. The minimum atomic E-state index is -1.40. The van der Waals surface area contributed by atoms with Crippen LogP contribution in [0.1, 0.15) is 11.6 Å². The van der Waals surface area contributed by atoms with Gasteiger partial charge in [-0.25, -0.2) is 0 Å². The van der Waals surface area contributed by atoms with Gasteiger partial charge in [0.05, 0.1) is 13.2 Å². The van der Waals surface area contributed by atoms with Crippen molar-refractivity contribution in [3.05, 3.63) is 35.9 Å². The highest BCUT2D eigenvalue weighted by Gasteiger charge is 2.62. The number of hydrogen-bond acceptors (Lipinski definition) is 2. The first-order chi connectivity index (χ1) is 12.3. The minimum absolute atomic E-state index is 0.590. The Morgan fingerprint density at radius 2 is 1.22 bits per heavy atom. The molecule has 2 rings (SSSR count). The van der Waals surface area contributed by atoms with Crippen molar-refractivity contribution in [2.24, 2.45) is 0 Å². The number of ether oxygens (including phenoxy) is 1. The lowest BCUT2D eigenvalue weighted by molar-refractivity contribution is 0.0198. The Hall–Kier alpha value is 0.00753. The van der Waals surface area contributed by atoms with Crippen molar-refractivity contribution in [3.8, 4) is 0 Å². The smallest absolute Gasteiger partial charge is 0.0594 e. The van der Waals surface area contributed by atoms with E-state index >= 15 is 0 Å². The number of benzene rings is 1. The van der Waals surface area contributed by atoms with Crippen LogP contribution in [0, 0.1) is 0 Å². The van der Waals surface area contributed by atoms with Crippen molar-refractivity contribution in [3.63, 3.8) is 0 Å². The standard InChI is InChI=1S/C21H43NOSi4/c1-24(2,3)27(25(4,5)6,26(7,8)9)19-21(20-13-11-10-12-14-20)22-15-17-23-18-16-22/h10-14,21H,15-19H2,1-9H3. The summed E-state index contributed by atoms with van der Waals surface area (Å²) in [5, 5.41) is 0. The van der Waals surface area contributed by atoms with Crippen molar-refractivity contribution >= 4 is 29.4 Å². The molecule has 0 saturated carbocycles. The van der Waals surface area contributed by atoms with Crippen molar-refractivity contribution < 1.29 is 4.74 Å². The number of nitrogens with zero attached hydrogens (tertiary/aromatic N) is 1. The Balaban J connectivity index is 2.59. The van der Waals surface area contributed by atoms with Crippen LogP contribution >= 0.6 is 0 Å². The molecule has 2 nitrogen and oxygen atoms in total. The molecule has 0 aliphatic carbocycles. The quantitative estimate of drug-likeness (QED) is 0.503. The van der Waals surface area contributed by atoms with Gasteiger partial charge in [-0.1, -0.05) is 89.3 Å². The maximum atomic E-state index is 5.71. The highest BCUT2D eigenvalue weighted by molar-refractivity contribution is 7.89. The monoisotopic (exact) mass is 437 g/mol. The highest BCUT2D eigenvalue weighted by Crippen LogP contribution is 2.45. The Bertz CT molecular complexity index is 559. The third-order valence-corrected chi connectivity index (χ3v) is 81.1. The number of rotatable bonds is 7. The van der Waals surface area contributed by atoms with E-state index in [2.05, 4.69) is 94.2 Å². The zero-order valence-corrected chi connectivity index (χ0v) is 23.4. The summed E-state index contributed by atoms with van der Waals surface area (Å²) in [6.45, 7) is 27.0. The van der Waals surface area contributed by atoms with Crippen LogP contribution in [0.2, 0.25) is 65.0 Å². The molecule has 0 radical (unpaired) electrons. The second-order valence-corrected chi connectivity index (χ2v) is 52.8. The van der Waals surface area contributed by atoms with Gasteiger partial charge in [-0.15, -0.1) is 0 Å². The van der Waals surface area contributed by atoms with Crippen molar-refractivity contribution in [1.82, 2.24) is 4.90 Å². The van der Waals surface area contributed by atoms with Gasteiger partial charge < -0.3 is 4.74 Å². The molecule has 0 aromatic heterocycles. The van der Waals surface area contributed by atoms with Crippen LogP contribution in [0.15, 0.2) is 30.3 Å². The second-order valence-electron chi connectivity index (χ2n) is 11.4. The number of hydrogen-bond donors (Lipinski definition) is 0. The summed E-state index contributed by atoms with van der Waals surface area (Å²) < 4.78 is 5.71. The molecule has 1 fully saturated rings. The Morgan fingerprint density at radius 3 is 1.63 bits per heavy atom. The summed E-state index contributed by atoms with van der Waals surface area (Å²) >= 11 is 0. The van der Waals surface area contributed by atoms with Crippen LogP contribution in [-0.2, 0) is 4.74 Å². The molecule has 1 aliphatic heterocycles. The molecular weight excluding hydrogens is 395 g/mol. The van der Waals surface area contributed by atoms with E-state index in [9.17, 15) is 0 Å². The molecule has 27 heavy (non-hydrogen) atoms. The first-order valence-electron chi connectivity index (χ1n) is 10.7. The van der Waals surface area contributed by atoms with Gasteiger partial charge in [0, 0.05) is 48.5 Å². The van der Waals surface area contributed by atoms with E-state index in [1.807, 2.05) is 0 Å². The molecule has 0 amide bonds. The van der Waals surface area contributed by atoms with Crippen LogP contribution < -0.4 is 0 Å². The largest absolute Gasteiger partial charge is 0.379 e. The molecule has 6 heteroatoms. The molecule has 0 bridgehead atoms. The van der Waals surface area contributed by atoms with Crippen LogP contribution in [0.4, 0.5) is 0 Å². The van der Waals surface area contributed by atoms with Gasteiger partial charge in [0.15, 0.2) is 0 Å². The van der Waals surface area contributed by atoms with Gasteiger partial charge in [0.25, 0.3) is 0 Å². The summed E-state index contributed by atoms with van der Waals surface area (Å²) in [7, 11) is -3.79. The average Bonchev–Trinajstić information content (AvgIpc) is 2.53. The molecule has 1 aromatic carbocycles. The third-order valence-electron chi connectivity index (χ3n) is 7.01. The Labute approximate surface area is 172 Å². The van der Waals surface area contributed by atoms with E-state index in [0.717, 1.165) is 26.3 Å². The summed E-state index contributed by atoms with van der Waals surface area (Å²) in [5.41, 5.74) is 1.55. The van der Waals surface area contributed by atoms with Gasteiger partial charge in [-0.2, -0.15) is 0 Å². The SMILES string of the molecule is C[Si](C)(C)[Si](CC(c1ccccc1)N1CCOCC1)([Si](C)(C)C)[Si](C)(C)C. The van der Waals surface area contributed by atoms with Crippen LogP contribution in [0.5, 0.6) is 0 Å². The maximum Gasteiger partial charge on any atom is 0.0594 e. The fourth-order valence-electron chi connectivity index (χ4n) is 6.61. The molecule has 154 valence electrons. The normalized spacial score (nSPS) is 19.1. The molecule has 1 saturated heterocycles. The van der Waals surface area contributed by atoms with Crippen molar-refractivity contribution in [1.29, 1.82) is 0 Å². The average molecular weight is 438 g/mol. The first-order valence-corrected chi connectivity index (χ1v) is 26.4. The zero-order chi connectivity index (χ0) is 20.5. The molecule has 1 heterocycles. The molecule has 0 spiro atoms. The van der Waals surface area contributed by atoms with E-state index in [4.69, 9.17) is 4.74 Å². The van der Waals surface area contributed by atoms with E-state index in [0.29, 0.717) is 6.04 Å². The maximum absolute atomic E-state index is 5.71. The summed E-state index contributed by atoms with van der Waals surface area (Å²) in [5.74, 6) is 0. The lowest BCUT2D eigenvalue weighted by atomic mass is 10.1. The molecule has 1 atom stereocenters. The lowest BCUT2D eigenvalue weighted by Gasteiger charge is -2.59. The first kappa shape index (κ1) is 23.3. The van der Waals surface area contributed by atoms with Gasteiger partial charge >= 0.3 is 0 Å². The topological polar surface area (TPSA) is 12.5 Å². The predicted molar refractivity (Wildman–Crippen MR) is 132 cm³/mol. The van der Waals surface area contributed by atoms with Crippen molar-refractivity contribution in [2.45, 2.75) is 71.0 Å². The van der Waals surface area contributed by atoms with Crippen molar-refractivity contribution in [2.75, 3.05) is 26.3 Å². The van der Waals surface area contributed by atoms with Gasteiger partial charge in [0.2, 0.25) is 0 Å².